The minimum absolute atomic E-state index is 0.0215. The highest BCUT2D eigenvalue weighted by Gasteiger charge is 2.29. The van der Waals surface area contributed by atoms with Crippen LogP contribution in [0.3, 0.4) is 0 Å². The van der Waals surface area contributed by atoms with Crippen LogP contribution in [0.25, 0.3) is 5.65 Å². The fraction of sp³-hybridized carbons (Fsp3) is 0.250. The minimum Gasteiger partial charge on any atom is -0.434 e. The first-order valence-corrected chi connectivity index (χ1v) is 10.6. The fourth-order valence-corrected chi connectivity index (χ4v) is 4.46. The van der Waals surface area contributed by atoms with Crippen molar-refractivity contribution in [3.63, 3.8) is 0 Å². The molecule has 1 saturated heterocycles. The summed E-state index contributed by atoms with van der Waals surface area (Å²) < 4.78 is 37.5. The van der Waals surface area contributed by atoms with Crippen molar-refractivity contribution in [3.05, 3.63) is 65.9 Å². The molecule has 1 unspecified atom stereocenters. The van der Waals surface area contributed by atoms with Crippen molar-refractivity contribution in [1.29, 1.82) is 0 Å². The van der Waals surface area contributed by atoms with Crippen molar-refractivity contribution >= 4 is 23.3 Å². The van der Waals surface area contributed by atoms with E-state index in [9.17, 15) is 13.6 Å². The Morgan fingerprint density at radius 2 is 2.25 bits per heavy atom. The molecule has 0 saturated carbocycles. The average molecular weight is 460 g/mol. The van der Waals surface area contributed by atoms with Crippen LogP contribution in [-0.4, -0.2) is 45.6 Å². The van der Waals surface area contributed by atoms with Gasteiger partial charge in [-0.1, -0.05) is 0 Å². The first-order chi connectivity index (χ1) is 15.6. The number of aromatic nitrogens is 3. The molecule has 2 aromatic heterocycles. The van der Waals surface area contributed by atoms with Gasteiger partial charge in [-0.3, -0.25) is 4.79 Å². The van der Waals surface area contributed by atoms with E-state index in [1.807, 2.05) is 0 Å². The van der Waals surface area contributed by atoms with Gasteiger partial charge in [0.1, 0.15) is 11.3 Å². The van der Waals surface area contributed by atoms with Crippen molar-refractivity contribution in [2.24, 2.45) is 0 Å². The lowest BCUT2D eigenvalue weighted by atomic mass is 10.0. The number of hydrazine groups is 1. The van der Waals surface area contributed by atoms with E-state index in [1.54, 1.807) is 48.6 Å². The van der Waals surface area contributed by atoms with E-state index in [4.69, 9.17) is 9.47 Å². The molecule has 0 spiro atoms. The van der Waals surface area contributed by atoms with Gasteiger partial charge in [-0.2, -0.15) is 13.9 Å². The summed E-state index contributed by atoms with van der Waals surface area (Å²) in [5.41, 5.74) is 7.42. The highest BCUT2D eigenvalue weighted by molar-refractivity contribution is 8.00. The second kappa shape index (κ2) is 8.73. The Morgan fingerprint density at radius 3 is 3.03 bits per heavy atom. The Balaban J connectivity index is 1.41. The maximum Gasteiger partial charge on any atom is 0.387 e. The van der Waals surface area contributed by atoms with Gasteiger partial charge in [0.25, 0.3) is 5.91 Å². The molecule has 0 radical (unpaired) electrons. The molecular formula is C20H18F2N6O3S. The second-order valence-electron chi connectivity index (χ2n) is 7.08. The number of amides is 1. The largest absolute Gasteiger partial charge is 0.434 e. The molecule has 4 heterocycles. The molecule has 9 nitrogen and oxygen atoms in total. The SMILES string of the molecule is O=C(NC1=CNNC1c1cc(SC2COC2)ccc1OC(F)F)c1cnn2cccnc12. The van der Waals surface area contributed by atoms with Crippen LogP contribution in [-0.2, 0) is 4.74 Å². The van der Waals surface area contributed by atoms with E-state index in [0.29, 0.717) is 35.4 Å². The summed E-state index contributed by atoms with van der Waals surface area (Å²) in [6.45, 7) is -1.69. The maximum atomic E-state index is 13.0. The van der Waals surface area contributed by atoms with Gasteiger partial charge < -0.3 is 20.2 Å². The summed E-state index contributed by atoms with van der Waals surface area (Å²) in [5.74, 6) is -0.401. The Kier molecular flexibility index (Phi) is 5.64. The molecule has 1 aromatic carbocycles. The van der Waals surface area contributed by atoms with Gasteiger partial charge in [0.05, 0.1) is 36.4 Å². The number of nitrogens with one attached hydrogen (secondary N) is 3. The Labute approximate surface area is 185 Å². The highest BCUT2D eigenvalue weighted by Crippen LogP contribution is 2.37. The highest BCUT2D eigenvalue weighted by atomic mass is 32.2. The van der Waals surface area contributed by atoms with Crippen molar-refractivity contribution in [2.45, 2.75) is 22.8 Å². The third-order valence-electron chi connectivity index (χ3n) is 4.97. The maximum absolute atomic E-state index is 13.0. The van der Waals surface area contributed by atoms with Crippen LogP contribution in [0.15, 0.2) is 59.6 Å². The van der Waals surface area contributed by atoms with Crippen LogP contribution in [0, 0.1) is 0 Å². The first-order valence-electron chi connectivity index (χ1n) is 9.72. The van der Waals surface area contributed by atoms with E-state index >= 15 is 0 Å². The molecule has 166 valence electrons. The number of carbonyl (C=O) groups is 1. The monoisotopic (exact) mass is 460 g/mol. The molecule has 0 aliphatic carbocycles. The molecule has 1 amide bonds. The van der Waals surface area contributed by atoms with E-state index in [0.717, 1.165) is 4.90 Å². The molecule has 12 heteroatoms. The van der Waals surface area contributed by atoms with E-state index in [1.165, 1.54) is 16.8 Å². The number of hydrogen-bond donors (Lipinski definition) is 3. The number of nitrogens with zero attached hydrogens (tertiary/aromatic N) is 3. The van der Waals surface area contributed by atoms with Gasteiger partial charge in [-0.15, -0.1) is 11.8 Å². The van der Waals surface area contributed by atoms with Gasteiger partial charge in [0.2, 0.25) is 0 Å². The van der Waals surface area contributed by atoms with Crippen LogP contribution in [0.1, 0.15) is 22.0 Å². The minimum atomic E-state index is -2.98. The predicted octanol–water partition coefficient (Wildman–Crippen LogP) is 2.24. The summed E-state index contributed by atoms with van der Waals surface area (Å²) in [5, 5.41) is 7.25. The third kappa shape index (κ3) is 4.11. The molecule has 5 rings (SSSR count). The fourth-order valence-electron chi connectivity index (χ4n) is 3.41. The number of carbonyl (C=O) groups excluding carboxylic acids is 1. The first kappa shape index (κ1) is 20.7. The Hall–Kier alpha value is -3.22. The lowest BCUT2D eigenvalue weighted by Gasteiger charge is -2.26. The zero-order valence-electron chi connectivity index (χ0n) is 16.5. The van der Waals surface area contributed by atoms with Gasteiger partial charge in [0, 0.05) is 29.1 Å². The average Bonchev–Trinajstić information content (AvgIpc) is 3.38. The quantitative estimate of drug-likeness (QED) is 0.494. The Morgan fingerprint density at radius 1 is 1.38 bits per heavy atom. The number of ether oxygens (including phenoxy) is 2. The van der Waals surface area contributed by atoms with Crippen LogP contribution < -0.4 is 20.9 Å². The van der Waals surface area contributed by atoms with Crippen molar-refractivity contribution in [2.75, 3.05) is 13.2 Å². The summed E-state index contributed by atoms with van der Waals surface area (Å²) in [4.78, 5) is 18.0. The smallest absolute Gasteiger partial charge is 0.387 e. The molecule has 0 bridgehead atoms. The topological polar surface area (TPSA) is 102 Å². The lowest BCUT2D eigenvalue weighted by Crippen LogP contribution is -2.31. The van der Waals surface area contributed by atoms with E-state index in [-0.39, 0.29) is 11.3 Å². The van der Waals surface area contributed by atoms with Crippen LogP contribution >= 0.6 is 11.8 Å². The molecule has 32 heavy (non-hydrogen) atoms. The van der Waals surface area contributed by atoms with E-state index in [2.05, 4.69) is 26.3 Å². The number of rotatable bonds is 7. The predicted molar refractivity (Wildman–Crippen MR) is 111 cm³/mol. The van der Waals surface area contributed by atoms with Gasteiger partial charge in [-0.05, 0) is 24.3 Å². The van der Waals surface area contributed by atoms with Crippen LogP contribution in [0.4, 0.5) is 8.78 Å². The van der Waals surface area contributed by atoms with Crippen molar-refractivity contribution in [1.82, 2.24) is 30.8 Å². The normalized spacial score (nSPS) is 18.3. The second-order valence-corrected chi connectivity index (χ2v) is 8.45. The molecule has 3 aromatic rings. The van der Waals surface area contributed by atoms with Crippen molar-refractivity contribution < 1.29 is 23.0 Å². The Bertz CT molecular complexity index is 1180. The number of fused-ring (bicyclic) bond motifs is 1. The molecule has 3 N–H and O–H groups in total. The van der Waals surface area contributed by atoms with Crippen molar-refractivity contribution in [3.8, 4) is 5.75 Å². The zero-order chi connectivity index (χ0) is 22.1. The summed E-state index contributed by atoms with van der Waals surface area (Å²) in [6, 6.07) is 6.11. The summed E-state index contributed by atoms with van der Waals surface area (Å²) >= 11 is 1.60. The molecule has 2 aliphatic rings. The van der Waals surface area contributed by atoms with E-state index < -0.39 is 18.6 Å². The number of thioether (sulfide) groups is 1. The molecule has 2 aliphatic heterocycles. The number of alkyl halides is 2. The molecule has 1 atom stereocenters. The third-order valence-corrected chi connectivity index (χ3v) is 6.10. The van der Waals surface area contributed by atoms with Crippen LogP contribution in [0.5, 0.6) is 5.75 Å². The number of hydrogen-bond acceptors (Lipinski definition) is 8. The summed E-state index contributed by atoms with van der Waals surface area (Å²) in [6.07, 6.45) is 6.24. The lowest BCUT2D eigenvalue weighted by molar-refractivity contribution is -0.0506. The van der Waals surface area contributed by atoms with Gasteiger partial charge in [0.15, 0.2) is 5.65 Å². The summed E-state index contributed by atoms with van der Waals surface area (Å²) in [7, 11) is 0. The van der Waals surface area contributed by atoms with Gasteiger partial charge in [-0.25, -0.2) is 14.9 Å². The number of halogens is 2. The zero-order valence-corrected chi connectivity index (χ0v) is 17.3. The molecular weight excluding hydrogens is 442 g/mol. The molecule has 1 fully saturated rings. The standard InChI is InChI=1S/C20H18F2N6O3S/c21-20(22)31-16-3-2-11(32-12-9-30-10-12)6-13(16)17-15(8-24-27-17)26-19(29)14-7-25-28-5-1-4-23-18(14)28/h1-8,12,17,20,24,27H,9-10H2,(H,26,29). The van der Waals surface area contributed by atoms with Gasteiger partial charge >= 0.3 is 6.61 Å². The number of benzene rings is 1. The van der Waals surface area contributed by atoms with Crippen LogP contribution in [0.2, 0.25) is 0 Å².